The second kappa shape index (κ2) is 7.49. The number of carboxylic acid groups (broad SMARTS) is 1. The highest BCUT2D eigenvalue weighted by Crippen LogP contribution is 2.18. The van der Waals surface area contributed by atoms with Gasteiger partial charge in [-0.05, 0) is 17.7 Å². The summed E-state index contributed by atoms with van der Waals surface area (Å²) in [5.41, 5.74) is 0.547. The van der Waals surface area contributed by atoms with Gasteiger partial charge in [0, 0.05) is 20.6 Å². The highest BCUT2D eigenvalue weighted by molar-refractivity contribution is 7.88. The Labute approximate surface area is 145 Å². The van der Waals surface area contributed by atoms with E-state index in [1.165, 1.54) is 26.2 Å². The Kier molecular flexibility index (Phi) is 5.60. The Hall–Kier alpha value is -2.65. The number of carbonyl (C=O) groups is 2. The molecule has 0 saturated carbocycles. The molecule has 0 radical (unpaired) electrons. The molecule has 1 aromatic heterocycles. The highest BCUT2D eigenvalue weighted by Gasteiger charge is 2.25. The Balaban J connectivity index is 2.10. The molecule has 0 aliphatic carbocycles. The fraction of sp³-hybridized carbons (Fsp3) is 0.250. The maximum absolute atomic E-state index is 12.1. The summed E-state index contributed by atoms with van der Waals surface area (Å²) >= 11 is 0. The van der Waals surface area contributed by atoms with Crippen LogP contribution in [-0.2, 0) is 14.8 Å². The number of rotatable bonds is 7. The number of carboxylic acids is 1. The van der Waals surface area contributed by atoms with Crippen molar-refractivity contribution in [1.82, 2.24) is 9.62 Å². The molecule has 1 aromatic carbocycles. The zero-order valence-corrected chi connectivity index (χ0v) is 14.5. The molecule has 1 heterocycles. The SMILES string of the molecule is CN(C)S(=O)(=O)c1ccc(C(=O)NCC(C(=O)O)c2ccccc2)o1. The van der Waals surface area contributed by atoms with E-state index in [-0.39, 0.29) is 17.4 Å². The molecule has 9 heteroatoms. The van der Waals surface area contributed by atoms with E-state index in [0.29, 0.717) is 5.56 Å². The molecule has 0 aliphatic heterocycles. The molecule has 2 rings (SSSR count). The van der Waals surface area contributed by atoms with Crippen LogP contribution in [0, 0.1) is 0 Å². The number of aliphatic carboxylic acids is 1. The van der Waals surface area contributed by atoms with Gasteiger partial charge in [0.2, 0.25) is 5.09 Å². The van der Waals surface area contributed by atoms with Gasteiger partial charge < -0.3 is 14.8 Å². The van der Waals surface area contributed by atoms with Crippen molar-refractivity contribution in [2.75, 3.05) is 20.6 Å². The first kappa shape index (κ1) is 18.7. The van der Waals surface area contributed by atoms with E-state index in [4.69, 9.17) is 4.42 Å². The van der Waals surface area contributed by atoms with E-state index in [2.05, 4.69) is 5.32 Å². The quantitative estimate of drug-likeness (QED) is 0.759. The molecular formula is C16H18N2O6S. The van der Waals surface area contributed by atoms with Gasteiger partial charge in [-0.2, -0.15) is 0 Å². The van der Waals surface area contributed by atoms with Crippen LogP contribution in [0.15, 0.2) is 52.0 Å². The van der Waals surface area contributed by atoms with Crippen molar-refractivity contribution in [2.45, 2.75) is 11.0 Å². The molecular weight excluding hydrogens is 348 g/mol. The summed E-state index contributed by atoms with van der Waals surface area (Å²) in [5, 5.41) is 11.4. The molecule has 2 N–H and O–H groups in total. The van der Waals surface area contributed by atoms with Crippen molar-refractivity contribution in [3.05, 3.63) is 53.8 Å². The van der Waals surface area contributed by atoms with Crippen LogP contribution in [-0.4, -0.2) is 50.3 Å². The highest BCUT2D eigenvalue weighted by atomic mass is 32.2. The van der Waals surface area contributed by atoms with Gasteiger partial charge in [0.15, 0.2) is 5.76 Å². The van der Waals surface area contributed by atoms with E-state index >= 15 is 0 Å². The molecule has 0 bridgehead atoms. The van der Waals surface area contributed by atoms with Crippen LogP contribution in [0.3, 0.4) is 0 Å². The van der Waals surface area contributed by atoms with Crippen molar-refractivity contribution in [1.29, 1.82) is 0 Å². The number of amides is 1. The average Bonchev–Trinajstić information content (AvgIpc) is 3.06. The van der Waals surface area contributed by atoms with Crippen LogP contribution in [0.2, 0.25) is 0 Å². The van der Waals surface area contributed by atoms with Crippen molar-refractivity contribution in [2.24, 2.45) is 0 Å². The zero-order chi connectivity index (χ0) is 18.6. The summed E-state index contributed by atoms with van der Waals surface area (Å²) in [5.74, 6) is -2.91. The number of benzene rings is 1. The zero-order valence-electron chi connectivity index (χ0n) is 13.7. The summed E-state index contributed by atoms with van der Waals surface area (Å²) in [6.07, 6.45) is 0. The van der Waals surface area contributed by atoms with Gasteiger partial charge in [0.05, 0.1) is 5.92 Å². The second-order valence-electron chi connectivity index (χ2n) is 5.42. The molecule has 134 valence electrons. The maximum atomic E-state index is 12.1. The van der Waals surface area contributed by atoms with E-state index in [1.54, 1.807) is 30.3 Å². The molecule has 0 aliphatic rings. The summed E-state index contributed by atoms with van der Waals surface area (Å²) in [4.78, 5) is 23.5. The third-order valence-corrected chi connectivity index (χ3v) is 5.20. The van der Waals surface area contributed by atoms with Gasteiger partial charge in [-0.1, -0.05) is 30.3 Å². The minimum absolute atomic E-state index is 0.158. The van der Waals surface area contributed by atoms with Gasteiger partial charge in [-0.15, -0.1) is 0 Å². The van der Waals surface area contributed by atoms with E-state index in [1.807, 2.05) is 0 Å². The smallest absolute Gasteiger partial charge is 0.312 e. The van der Waals surface area contributed by atoms with Crippen molar-refractivity contribution >= 4 is 21.9 Å². The topological polar surface area (TPSA) is 117 Å². The number of furan rings is 1. The fourth-order valence-electron chi connectivity index (χ4n) is 2.08. The summed E-state index contributed by atoms with van der Waals surface area (Å²) in [7, 11) is -1.10. The van der Waals surface area contributed by atoms with Gasteiger partial charge in [-0.3, -0.25) is 9.59 Å². The van der Waals surface area contributed by atoms with Crippen molar-refractivity contribution in [3.8, 4) is 0 Å². The summed E-state index contributed by atoms with van der Waals surface area (Å²) < 4.78 is 29.9. The minimum Gasteiger partial charge on any atom is -0.481 e. The van der Waals surface area contributed by atoms with E-state index in [0.717, 1.165) is 4.31 Å². The van der Waals surface area contributed by atoms with E-state index < -0.39 is 27.8 Å². The van der Waals surface area contributed by atoms with Crippen LogP contribution < -0.4 is 5.32 Å². The predicted molar refractivity (Wildman–Crippen MR) is 88.7 cm³/mol. The monoisotopic (exact) mass is 366 g/mol. The third-order valence-electron chi connectivity index (χ3n) is 3.51. The predicted octanol–water partition coefficient (Wildman–Crippen LogP) is 1.13. The lowest BCUT2D eigenvalue weighted by Gasteiger charge is -2.13. The number of nitrogens with zero attached hydrogens (tertiary/aromatic N) is 1. The van der Waals surface area contributed by atoms with Gasteiger partial charge in [-0.25, -0.2) is 12.7 Å². The average molecular weight is 366 g/mol. The van der Waals surface area contributed by atoms with Crippen molar-refractivity contribution < 1.29 is 27.5 Å². The van der Waals surface area contributed by atoms with Crippen LogP contribution in [0.4, 0.5) is 0 Å². The Morgan fingerprint density at radius 3 is 2.36 bits per heavy atom. The second-order valence-corrected chi connectivity index (χ2v) is 7.50. The summed E-state index contributed by atoms with van der Waals surface area (Å²) in [6, 6.07) is 10.9. The molecule has 8 nitrogen and oxygen atoms in total. The van der Waals surface area contributed by atoms with Gasteiger partial charge >= 0.3 is 5.97 Å². The van der Waals surface area contributed by atoms with Gasteiger partial charge in [0.25, 0.3) is 15.9 Å². The number of carbonyl (C=O) groups excluding carboxylic acids is 1. The fourth-order valence-corrected chi connectivity index (χ4v) is 2.87. The molecule has 0 saturated heterocycles. The molecule has 0 fully saturated rings. The third kappa shape index (κ3) is 4.25. The molecule has 1 atom stereocenters. The first-order valence-corrected chi connectivity index (χ1v) is 8.76. The first-order valence-electron chi connectivity index (χ1n) is 7.32. The summed E-state index contributed by atoms with van der Waals surface area (Å²) in [6.45, 7) is -0.158. The maximum Gasteiger partial charge on any atom is 0.312 e. The Morgan fingerprint density at radius 2 is 1.80 bits per heavy atom. The number of nitrogens with one attached hydrogen (secondary N) is 1. The van der Waals surface area contributed by atoms with Gasteiger partial charge in [0.1, 0.15) is 0 Å². The molecule has 1 amide bonds. The van der Waals surface area contributed by atoms with Crippen molar-refractivity contribution in [3.63, 3.8) is 0 Å². The lowest BCUT2D eigenvalue weighted by Crippen LogP contribution is -2.31. The van der Waals surface area contributed by atoms with E-state index in [9.17, 15) is 23.1 Å². The van der Waals surface area contributed by atoms with Crippen LogP contribution in [0.5, 0.6) is 0 Å². The molecule has 2 aromatic rings. The number of sulfonamides is 1. The number of hydrogen-bond acceptors (Lipinski definition) is 5. The largest absolute Gasteiger partial charge is 0.481 e. The molecule has 1 unspecified atom stereocenters. The lowest BCUT2D eigenvalue weighted by molar-refractivity contribution is -0.138. The standard InChI is InChI=1S/C16H18N2O6S/c1-18(2)25(22,23)14-9-8-13(24-14)15(19)17-10-12(16(20)21)11-6-4-3-5-7-11/h3-9,12H,10H2,1-2H3,(H,17,19)(H,20,21). The Morgan fingerprint density at radius 1 is 1.16 bits per heavy atom. The lowest BCUT2D eigenvalue weighted by atomic mass is 9.99. The van der Waals surface area contributed by atoms with Crippen LogP contribution in [0.25, 0.3) is 0 Å². The normalized spacial score (nSPS) is 12.8. The first-order chi connectivity index (χ1) is 11.7. The minimum atomic E-state index is -3.78. The van der Waals surface area contributed by atoms with Crippen LogP contribution >= 0.6 is 0 Å². The Bertz CT molecular complexity index is 858. The van der Waals surface area contributed by atoms with Crippen LogP contribution in [0.1, 0.15) is 22.0 Å². The number of hydrogen-bond donors (Lipinski definition) is 2. The molecule has 0 spiro atoms. The molecule has 25 heavy (non-hydrogen) atoms.